The third-order valence-corrected chi connectivity index (χ3v) is 3.84. The fourth-order valence-electron chi connectivity index (χ4n) is 1.16. The van der Waals surface area contributed by atoms with Crippen LogP contribution >= 0.6 is 23.2 Å². The highest BCUT2D eigenvalue weighted by atomic mass is 35.5. The Balaban J connectivity index is 2.33. The number of sulfonamides is 1. The Labute approximate surface area is 108 Å². The van der Waals surface area contributed by atoms with Crippen LogP contribution < -0.4 is 4.72 Å². The lowest BCUT2D eigenvalue weighted by molar-refractivity contribution is 0.601. The number of anilines is 1. The number of nitrogens with one attached hydrogen (secondary N) is 2. The summed E-state index contributed by atoms with van der Waals surface area (Å²) in [6.07, 6.45) is 2.47. The maximum atomic E-state index is 11.8. The molecule has 2 N–H and O–H groups in total. The molecule has 5 nitrogen and oxygen atoms in total. The predicted octanol–water partition coefficient (Wildman–Crippen LogP) is 2.52. The molecule has 0 saturated carbocycles. The normalized spacial score (nSPS) is 11.4. The van der Waals surface area contributed by atoms with E-state index >= 15 is 0 Å². The Bertz CT molecular complexity index is 626. The van der Waals surface area contributed by atoms with Gasteiger partial charge in [0.15, 0.2) is 0 Å². The highest BCUT2D eigenvalue weighted by Gasteiger charge is 2.16. The van der Waals surface area contributed by atoms with Crippen molar-refractivity contribution in [2.75, 3.05) is 4.72 Å². The lowest BCUT2D eigenvalue weighted by Gasteiger charge is -2.07. The van der Waals surface area contributed by atoms with Crippen LogP contribution in [0.5, 0.6) is 0 Å². The van der Waals surface area contributed by atoms with Crippen LogP contribution in [0.2, 0.25) is 10.0 Å². The minimum absolute atomic E-state index is 0.0310. The van der Waals surface area contributed by atoms with Crippen molar-refractivity contribution in [1.82, 2.24) is 10.2 Å². The van der Waals surface area contributed by atoms with Gasteiger partial charge in [-0.1, -0.05) is 23.2 Å². The summed E-state index contributed by atoms with van der Waals surface area (Å²) >= 11 is 11.6. The molecule has 0 aliphatic carbocycles. The van der Waals surface area contributed by atoms with E-state index in [0.29, 0.717) is 5.02 Å². The second-order valence-corrected chi connectivity index (χ2v) is 5.69. The van der Waals surface area contributed by atoms with E-state index in [-0.39, 0.29) is 15.6 Å². The van der Waals surface area contributed by atoms with Gasteiger partial charge in [-0.25, -0.2) is 8.42 Å². The molecule has 2 aromatic rings. The number of hydrogen-bond acceptors (Lipinski definition) is 3. The second kappa shape index (κ2) is 4.56. The van der Waals surface area contributed by atoms with Crippen molar-refractivity contribution in [3.8, 4) is 0 Å². The molecule has 0 saturated heterocycles. The van der Waals surface area contributed by atoms with Crippen LogP contribution in [-0.4, -0.2) is 18.6 Å². The van der Waals surface area contributed by atoms with Crippen LogP contribution in [0.1, 0.15) is 0 Å². The van der Waals surface area contributed by atoms with Crippen molar-refractivity contribution in [3.63, 3.8) is 0 Å². The third-order valence-electron chi connectivity index (χ3n) is 1.96. The van der Waals surface area contributed by atoms with E-state index in [1.807, 2.05) is 0 Å². The molecule has 90 valence electrons. The Kier molecular flexibility index (Phi) is 3.28. The summed E-state index contributed by atoms with van der Waals surface area (Å²) in [4.78, 5) is 0.0310. The molecule has 0 fully saturated rings. The van der Waals surface area contributed by atoms with Gasteiger partial charge in [-0.05, 0) is 18.2 Å². The van der Waals surface area contributed by atoms with Crippen molar-refractivity contribution in [1.29, 1.82) is 0 Å². The molecule has 1 heterocycles. The van der Waals surface area contributed by atoms with Crippen LogP contribution in [0, 0.1) is 0 Å². The zero-order valence-electron chi connectivity index (χ0n) is 8.31. The molecule has 2 rings (SSSR count). The Morgan fingerprint density at radius 3 is 2.65 bits per heavy atom. The van der Waals surface area contributed by atoms with Gasteiger partial charge in [0.25, 0.3) is 10.0 Å². The lowest BCUT2D eigenvalue weighted by atomic mass is 10.3. The van der Waals surface area contributed by atoms with Gasteiger partial charge in [0.2, 0.25) is 0 Å². The standard InChI is InChI=1S/C9H7Cl2N3O2S/c10-6-1-2-9(8(11)3-6)14-17(15,16)7-4-12-13-5-7/h1-5,14H,(H,12,13). The molecule has 0 aliphatic rings. The minimum Gasteiger partial charge on any atom is -0.284 e. The Morgan fingerprint density at radius 2 is 2.06 bits per heavy atom. The summed E-state index contributed by atoms with van der Waals surface area (Å²) < 4.78 is 26.0. The molecule has 8 heteroatoms. The number of benzene rings is 1. The van der Waals surface area contributed by atoms with Crippen molar-refractivity contribution in [2.24, 2.45) is 0 Å². The maximum Gasteiger partial charge on any atom is 0.265 e. The highest BCUT2D eigenvalue weighted by Crippen LogP contribution is 2.27. The third kappa shape index (κ3) is 2.71. The SMILES string of the molecule is O=S(=O)(Nc1ccc(Cl)cc1Cl)c1cn[nH]c1. The van der Waals surface area contributed by atoms with Crippen molar-refractivity contribution < 1.29 is 8.42 Å². The topological polar surface area (TPSA) is 74.8 Å². The van der Waals surface area contributed by atoms with E-state index in [1.165, 1.54) is 24.5 Å². The predicted molar refractivity (Wildman–Crippen MR) is 65.9 cm³/mol. The van der Waals surface area contributed by atoms with Crippen molar-refractivity contribution in [3.05, 3.63) is 40.6 Å². The second-order valence-electron chi connectivity index (χ2n) is 3.16. The van der Waals surface area contributed by atoms with Crippen molar-refractivity contribution >= 4 is 38.9 Å². The molecule has 0 unspecified atom stereocenters. The molecular formula is C9H7Cl2N3O2S. The first-order valence-corrected chi connectivity index (χ1v) is 6.69. The first-order valence-electron chi connectivity index (χ1n) is 4.46. The van der Waals surface area contributed by atoms with Gasteiger partial charge in [-0.15, -0.1) is 0 Å². The van der Waals surface area contributed by atoms with Crippen LogP contribution in [-0.2, 0) is 10.0 Å². The average molecular weight is 292 g/mol. The van der Waals surface area contributed by atoms with Gasteiger partial charge >= 0.3 is 0 Å². The fraction of sp³-hybridized carbons (Fsp3) is 0. The Morgan fingerprint density at radius 1 is 1.29 bits per heavy atom. The zero-order valence-corrected chi connectivity index (χ0v) is 10.6. The van der Waals surface area contributed by atoms with Gasteiger partial charge in [-0.2, -0.15) is 5.10 Å². The lowest BCUT2D eigenvalue weighted by Crippen LogP contribution is -2.12. The van der Waals surface area contributed by atoms with Gasteiger partial charge < -0.3 is 0 Å². The van der Waals surface area contributed by atoms with E-state index in [1.54, 1.807) is 6.07 Å². The average Bonchev–Trinajstić information content (AvgIpc) is 2.76. The fourth-order valence-corrected chi connectivity index (χ4v) is 2.66. The summed E-state index contributed by atoms with van der Waals surface area (Å²) in [5, 5.41) is 6.65. The monoisotopic (exact) mass is 291 g/mol. The maximum absolute atomic E-state index is 11.8. The minimum atomic E-state index is -3.68. The smallest absolute Gasteiger partial charge is 0.265 e. The van der Waals surface area contributed by atoms with Crippen LogP contribution in [0.25, 0.3) is 0 Å². The van der Waals surface area contributed by atoms with E-state index < -0.39 is 10.0 Å². The number of rotatable bonds is 3. The molecule has 0 bridgehead atoms. The molecule has 0 amide bonds. The number of nitrogens with zero attached hydrogens (tertiary/aromatic N) is 1. The van der Waals surface area contributed by atoms with Gasteiger partial charge in [0.05, 0.1) is 16.9 Å². The summed E-state index contributed by atoms with van der Waals surface area (Å²) in [6.45, 7) is 0. The molecule has 1 aromatic heterocycles. The van der Waals surface area contributed by atoms with Gasteiger partial charge in [0, 0.05) is 11.2 Å². The summed E-state index contributed by atoms with van der Waals surface area (Å²) in [7, 11) is -3.68. The highest BCUT2D eigenvalue weighted by molar-refractivity contribution is 7.92. The number of aromatic nitrogens is 2. The molecule has 17 heavy (non-hydrogen) atoms. The molecule has 0 aliphatic heterocycles. The number of aromatic amines is 1. The molecular weight excluding hydrogens is 285 g/mol. The molecule has 0 atom stereocenters. The van der Waals surface area contributed by atoms with Crippen molar-refractivity contribution in [2.45, 2.75) is 4.90 Å². The van der Waals surface area contributed by atoms with Crippen LogP contribution in [0.15, 0.2) is 35.5 Å². The van der Waals surface area contributed by atoms with Gasteiger partial charge in [0.1, 0.15) is 4.90 Å². The van der Waals surface area contributed by atoms with Gasteiger partial charge in [-0.3, -0.25) is 9.82 Å². The molecule has 1 aromatic carbocycles. The van der Waals surface area contributed by atoms with Crippen LogP contribution in [0.4, 0.5) is 5.69 Å². The summed E-state index contributed by atoms with van der Waals surface area (Å²) in [5.74, 6) is 0. The number of H-pyrrole nitrogens is 1. The summed E-state index contributed by atoms with van der Waals surface area (Å²) in [6, 6.07) is 4.49. The first-order chi connectivity index (χ1) is 7.99. The van der Waals surface area contributed by atoms with Crippen LogP contribution in [0.3, 0.4) is 0 Å². The first kappa shape index (κ1) is 12.2. The summed E-state index contributed by atoms with van der Waals surface area (Å²) in [5.41, 5.74) is 0.261. The van der Waals surface area contributed by atoms with E-state index in [9.17, 15) is 8.42 Å². The van der Waals surface area contributed by atoms with E-state index in [2.05, 4.69) is 14.9 Å². The van der Waals surface area contributed by atoms with E-state index in [0.717, 1.165) is 0 Å². The van der Waals surface area contributed by atoms with E-state index in [4.69, 9.17) is 23.2 Å². The number of hydrogen-bond donors (Lipinski definition) is 2. The molecule has 0 radical (unpaired) electrons. The quantitative estimate of drug-likeness (QED) is 0.912. The molecule has 0 spiro atoms. The number of halogens is 2. The largest absolute Gasteiger partial charge is 0.284 e. The zero-order chi connectivity index (χ0) is 12.5. The Hall–Kier alpha value is -1.24.